The van der Waals surface area contributed by atoms with Gasteiger partial charge in [0.15, 0.2) is 0 Å². The molecule has 0 amide bonds. The van der Waals surface area contributed by atoms with Gasteiger partial charge in [0.05, 0.1) is 0 Å². The molecule has 0 aliphatic rings. The monoisotopic (exact) mass is 395 g/mol. The lowest BCUT2D eigenvalue weighted by Gasteiger charge is -2.04. The average Bonchev–Trinajstić information content (AvgIpc) is 2.71. The highest BCUT2D eigenvalue weighted by Crippen LogP contribution is 2.15. The van der Waals surface area contributed by atoms with Crippen molar-refractivity contribution in [3.8, 4) is 0 Å². The van der Waals surface area contributed by atoms with Gasteiger partial charge in [-0.1, -0.05) is 148 Å². The van der Waals surface area contributed by atoms with Crippen molar-refractivity contribution in [1.82, 2.24) is 0 Å². The number of ether oxygens (including phenoxy) is 1. The molecule has 1 heteroatoms. The third kappa shape index (κ3) is 26.0. The molecule has 28 heavy (non-hydrogen) atoms. The fraction of sp³-hybridized carbons (Fsp3) is 0.963. The van der Waals surface area contributed by atoms with Gasteiger partial charge in [-0.2, -0.15) is 0 Å². The van der Waals surface area contributed by atoms with E-state index < -0.39 is 0 Å². The second-order valence-corrected chi connectivity index (χ2v) is 8.83. The maximum absolute atomic E-state index is 5.38. The summed E-state index contributed by atoms with van der Waals surface area (Å²) in [5.74, 6) is 0. The molecule has 0 unspecified atom stereocenters. The van der Waals surface area contributed by atoms with Crippen molar-refractivity contribution in [2.45, 2.75) is 155 Å². The predicted octanol–water partition coefficient (Wildman–Crippen LogP) is 9.83. The molecule has 0 saturated heterocycles. The summed E-state index contributed by atoms with van der Waals surface area (Å²) in [4.78, 5) is 0. The topological polar surface area (TPSA) is 9.23 Å². The van der Waals surface area contributed by atoms with E-state index in [0.717, 1.165) is 19.6 Å². The Labute approximate surface area is 179 Å². The number of unbranched alkanes of at least 4 members (excludes halogenated alkanes) is 22. The quantitative estimate of drug-likeness (QED) is 0.140. The minimum Gasteiger partial charge on any atom is -0.382 e. The van der Waals surface area contributed by atoms with Crippen LogP contribution in [0.3, 0.4) is 0 Å². The second kappa shape index (κ2) is 27.0. The van der Waals surface area contributed by atoms with Gasteiger partial charge < -0.3 is 4.74 Å². The van der Waals surface area contributed by atoms with E-state index >= 15 is 0 Å². The minimum absolute atomic E-state index is 0.873. The molecule has 0 saturated carbocycles. The Morgan fingerprint density at radius 1 is 0.393 bits per heavy atom. The first-order valence-corrected chi connectivity index (χ1v) is 13.3. The molecular weight excluding hydrogens is 340 g/mol. The molecule has 0 heterocycles. The fourth-order valence-electron chi connectivity index (χ4n) is 4.06. The zero-order chi connectivity index (χ0) is 20.4. The summed E-state index contributed by atoms with van der Waals surface area (Å²) >= 11 is 0. The van der Waals surface area contributed by atoms with Gasteiger partial charge in [-0.3, -0.25) is 0 Å². The molecule has 0 aliphatic carbocycles. The molecule has 0 aliphatic heterocycles. The first-order valence-electron chi connectivity index (χ1n) is 13.3. The van der Waals surface area contributed by atoms with Crippen molar-refractivity contribution in [2.24, 2.45) is 0 Å². The van der Waals surface area contributed by atoms with Gasteiger partial charge in [0.25, 0.3) is 0 Å². The zero-order valence-electron chi connectivity index (χ0n) is 19.8. The third-order valence-electron chi connectivity index (χ3n) is 5.99. The van der Waals surface area contributed by atoms with Crippen molar-refractivity contribution < 1.29 is 4.74 Å². The molecule has 0 fully saturated rings. The lowest BCUT2D eigenvalue weighted by atomic mass is 10.0. The largest absolute Gasteiger partial charge is 0.382 e. The van der Waals surface area contributed by atoms with Crippen molar-refractivity contribution in [3.63, 3.8) is 0 Å². The Balaban J connectivity index is 2.96. The van der Waals surface area contributed by atoms with E-state index in [4.69, 9.17) is 4.74 Å². The summed E-state index contributed by atoms with van der Waals surface area (Å²) in [5, 5.41) is 0. The van der Waals surface area contributed by atoms with E-state index in [1.54, 1.807) is 0 Å². The summed E-state index contributed by atoms with van der Waals surface area (Å²) in [6.45, 7) is 7.83. The molecule has 0 aromatic heterocycles. The smallest absolute Gasteiger partial charge is 0.0465 e. The SMILES string of the molecule is [CH2]CCCCCCCCCCCCCCCCCCCCCCCCOCC. The maximum Gasteiger partial charge on any atom is 0.0465 e. The van der Waals surface area contributed by atoms with Crippen LogP contribution in [-0.2, 0) is 4.74 Å². The molecule has 0 N–H and O–H groups in total. The Morgan fingerprint density at radius 3 is 0.893 bits per heavy atom. The lowest BCUT2D eigenvalue weighted by Crippen LogP contribution is -1.92. The standard InChI is InChI=1S/C27H55O/c1-3-5-6-7-8-9-10-11-12-13-14-15-16-17-18-19-20-21-22-23-24-25-26-27-28-4-2/h1,3-27H2,2H3. The summed E-state index contributed by atoms with van der Waals surface area (Å²) in [5.41, 5.74) is 0. The van der Waals surface area contributed by atoms with Crippen LogP contribution in [0, 0.1) is 6.92 Å². The molecule has 0 aromatic rings. The highest BCUT2D eigenvalue weighted by Gasteiger charge is 1.96. The Morgan fingerprint density at radius 2 is 0.643 bits per heavy atom. The Kier molecular flexibility index (Phi) is 26.9. The van der Waals surface area contributed by atoms with E-state index in [1.165, 1.54) is 141 Å². The molecule has 1 nitrogen and oxygen atoms in total. The van der Waals surface area contributed by atoms with E-state index in [1.807, 2.05) is 0 Å². The summed E-state index contributed by atoms with van der Waals surface area (Å²) in [6.07, 6.45) is 32.8. The van der Waals surface area contributed by atoms with Gasteiger partial charge in [-0.05, 0) is 13.3 Å². The van der Waals surface area contributed by atoms with Crippen LogP contribution in [0.25, 0.3) is 0 Å². The van der Waals surface area contributed by atoms with Crippen LogP contribution in [0.1, 0.15) is 155 Å². The van der Waals surface area contributed by atoms with E-state index in [0.29, 0.717) is 0 Å². The van der Waals surface area contributed by atoms with Crippen LogP contribution in [0.4, 0.5) is 0 Å². The van der Waals surface area contributed by atoms with Gasteiger partial charge in [-0.15, -0.1) is 0 Å². The van der Waals surface area contributed by atoms with Crippen molar-refractivity contribution in [3.05, 3.63) is 6.92 Å². The lowest BCUT2D eigenvalue weighted by molar-refractivity contribution is 0.143. The molecule has 0 spiro atoms. The molecule has 169 valence electrons. The highest BCUT2D eigenvalue weighted by molar-refractivity contribution is 4.51. The van der Waals surface area contributed by atoms with Gasteiger partial charge in [0.2, 0.25) is 0 Å². The van der Waals surface area contributed by atoms with Crippen LogP contribution >= 0.6 is 0 Å². The first kappa shape index (κ1) is 28.0. The average molecular weight is 396 g/mol. The molecule has 0 atom stereocenters. The molecule has 1 radical (unpaired) electrons. The van der Waals surface area contributed by atoms with E-state index in [9.17, 15) is 0 Å². The van der Waals surface area contributed by atoms with Crippen LogP contribution in [-0.4, -0.2) is 13.2 Å². The molecular formula is C27H55O. The fourth-order valence-corrected chi connectivity index (χ4v) is 4.06. The maximum atomic E-state index is 5.38. The molecule has 0 aromatic carbocycles. The van der Waals surface area contributed by atoms with Gasteiger partial charge >= 0.3 is 0 Å². The van der Waals surface area contributed by atoms with Crippen molar-refractivity contribution in [1.29, 1.82) is 0 Å². The highest BCUT2D eigenvalue weighted by atomic mass is 16.5. The predicted molar refractivity (Wildman–Crippen MR) is 128 cm³/mol. The third-order valence-corrected chi connectivity index (χ3v) is 5.99. The first-order chi connectivity index (χ1) is 13.9. The minimum atomic E-state index is 0.873. The number of hydrogen-bond acceptors (Lipinski definition) is 1. The Hall–Kier alpha value is -0.0400. The number of hydrogen-bond donors (Lipinski definition) is 0. The van der Waals surface area contributed by atoms with Crippen molar-refractivity contribution >= 4 is 0 Å². The normalized spacial score (nSPS) is 11.4. The van der Waals surface area contributed by atoms with E-state index in [2.05, 4.69) is 13.8 Å². The van der Waals surface area contributed by atoms with Crippen LogP contribution < -0.4 is 0 Å². The van der Waals surface area contributed by atoms with E-state index in [-0.39, 0.29) is 0 Å². The summed E-state index contributed by atoms with van der Waals surface area (Å²) in [7, 11) is 0. The van der Waals surface area contributed by atoms with Crippen LogP contribution in [0.15, 0.2) is 0 Å². The second-order valence-electron chi connectivity index (χ2n) is 8.83. The summed E-state index contributed by atoms with van der Waals surface area (Å²) < 4.78 is 5.38. The Bertz CT molecular complexity index is 225. The molecule has 0 rings (SSSR count). The summed E-state index contributed by atoms with van der Waals surface area (Å²) in [6, 6.07) is 0. The van der Waals surface area contributed by atoms with Gasteiger partial charge in [-0.25, -0.2) is 0 Å². The van der Waals surface area contributed by atoms with Gasteiger partial charge in [0.1, 0.15) is 0 Å². The number of rotatable bonds is 25. The van der Waals surface area contributed by atoms with Crippen LogP contribution in [0.5, 0.6) is 0 Å². The van der Waals surface area contributed by atoms with Crippen LogP contribution in [0.2, 0.25) is 0 Å². The zero-order valence-corrected chi connectivity index (χ0v) is 19.8. The van der Waals surface area contributed by atoms with Gasteiger partial charge in [0, 0.05) is 13.2 Å². The van der Waals surface area contributed by atoms with Crippen molar-refractivity contribution in [2.75, 3.05) is 13.2 Å². The molecule has 0 bridgehead atoms.